The van der Waals surface area contributed by atoms with Crippen LogP contribution in [0.25, 0.3) is 11.3 Å². The minimum absolute atomic E-state index is 0.277. The van der Waals surface area contributed by atoms with Gasteiger partial charge in [0.25, 0.3) is 0 Å². The van der Waals surface area contributed by atoms with E-state index in [-0.39, 0.29) is 11.6 Å². The SMILES string of the molecule is Fc1ccc(NCc2ccc(-c3ccccc3F)o2)cc1. The summed E-state index contributed by atoms with van der Waals surface area (Å²) >= 11 is 0. The molecular formula is C17H13F2NO. The molecule has 1 aromatic heterocycles. The summed E-state index contributed by atoms with van der Waals surface area (Å²) in [4.78, 5) is 0. The van der Waals surface area contributed by atoms with Crippen LogP contribution in [0.3, 0.4) is 0 Å². The monoisotopic (exact) mass is 285 g/mol. The van der Waals surface area contributed by atoms with E-state index in [1.807, 2.05) is 0 Å². The second-order valence-corrected chi connectivity index (χ2v) is 4.61. The Kier molecular flexibility index (Phi) is 3.69. The summed E-state index contributed by atoms with van der Waals surface area (Å²) in [7, 11) is 0. The van der Waals surface area contributed by atoms with Crippen molar-refractivity contribution in [2.75, 3.05) is 5.32 Å². The van der Waals surface area contributed by atoms with Gasteiger partial charge in [-0.2, -0.15) is 0 Å². The zero-order valence-electron chi connectivity index (χ0n) is 11.1. The molecule has 0 saturated carbocycles. The van der Waals surface area contributed by atoms with Gasteiger partial charge < -0.3 is 9.73 Å². The van der Waals surface area contributed by atoms with Gasteiger partial charge in [-0.05, 0) is 48.5 Å². The Labute approximate surface area is 121 Å². The third kappa shape index (κ3) is 3.11. The van der Waals surface area contributed by atoms with Crippen LogP contribution in [0.4, 0.5) is 14.5 Å². The Morgan fingerprint density at radius 2 is 1.62 bits per heavy atom. The number of anilines is 1. The number of hydrogen-bond acceptors (Lipinski definition) is 2. The molecule has 3 aromatic rings. The molecule has 0 bridgehead atoms. The predicted molar refractivity (Wildman–Crippen MR) is 77.8 cm³/mol. The van der Waals surface area contributed by atoms with Crippen LogP contribution in [0, 0.1) is 11.6 Å². The average Bonchev–Trinajstić information content (AvgIpc) is 2.96. The van der Waals surface area contributed by atoms with Crippen molar-refractivity contribution >= 4 is 5.69 Å². The van der Waals surface area contributed by atoms with E-state index >= 15 is 0 Å². The lowest BCUT2D eigenvalue weighted by Crippen LogP contribution is -1.97. The van der Waals surface area contributed by atoms with Gasteiger partial charge in [0.05, 0.1) is 12.1 Å². The topological polar surface area (TPSA) is 25.2 Å². The van der Waals surface area contributed by atoms with Gasteiger partial charge in [0.2, 0.25) is 0 Å². The van der Waals surface area contributed by atoms with Crippen LogP contribution in [0.1, 0.15) is 5.76 Å². The van der Waals surface area contributed by atoms with Crippen LogP contribution >= 0.6 is 0 Å². The molecule has 1 heterocycles. The molecule has 0 saturated heterocycles. The number of nitrogens with one attached hydrogen (secondary N) is 1. The number of benzene rings is 2. The minimum Gasteiger partial charge on any atom is -0.459 e. The minimum atomic E-state index is -0.315. The molecule has 106 valence electrons. The summed E-state index contributed by atoms with van der Waals surface area (Å²) < 4.78 is 32.1. The van der Waals surface area contributed by atoms with Crippen LogP contribution in [0.5, 0.6) is 0 Å². The third-order valence-corrected chi connectivity index (χ3v) is 3.11. The quantitative estimate of drug-likeness (QED) is 0.742. The van der Waals surface area contributed by atoms with E-state index in [1.165, 1.54) is 18.2 Å². The first-order valence-electron chi connectivity index (χ1n) is 6.55. The van der Waals surface area contributed by atoms with Crippen molar-refractivity contribution in [1.29, 1.82) is 0 Å². The number of hydrogen-bond donors (Lipinski definition) is 1. The molecule has 2 aromatic carbocycles. The Balaban J connectivity index is 1.71. The van der Waals surface area contributed by atoms with E-state index in [4.69, 9.17) is 4.42 Å². The molecule has 4 heteroatoms. The molecule has 21 heavy (non-hydrogen) atoms. The van der Waals surface area contributed by atoms with E-state index < -0.39 is 0 Å². The molecule has 0 aliphatic heterocycles. The first-order valence-corrected chi connectivity index (χ1v) is 6.55. The van der Waals surface area contributed by atoms with Crippen LogP contribution < -0.4 is 5.32 Å². The second kappa shape index (κ2) is 5.79. The van der Waals surface area contributed by atoms with Gasteiger partial charge >= 0.3 is 0 Å². The third-order valence-electron chi connectivity index (χ3n) is 3.11. The highest BCUT2D eigenvalue weighted by Gasteiger charge is 2.08. The van der Waals surface area contributed by atoms with Crippen LogP contribution in [0.2, 0.25) is 0 Å². The summed E-state index contributed by atoms with van der Waals surface area (Å²) in [5, 5.41) is 3.11. The summed E-state index contributed by atoms with van der Waals surface area (Å²) in [6.07, 6.45) is 0. The Morgan fingerprint density at radius 1 is 0.857 bits per heavy atom. The van der Waals surface area contributed by atoms with Crippen molar-refractivity contribution in [3.05, 3.63) is 78.1 Å². The van der Waals surface area contributed by atoms with E-state index in [0.29, 0.717) is 23.6 Å². The van der Waals surface area contributed by atoms with Gasteiger partial charge in [-0.25, -0.2) is 8.78 Å². The molecule has 0 unspecified atom stereocenters. The molecule has 0 aliphatic rings. The molecule has 0 spiro atoms. The Hall–Kier alpha value is -2.62. The van der Waals surface area contributed by atoms with Gasteiger partial charge in [-0.3, -0.25) is 0 Å². The molecule has 3 rings (SSSR count). The lowest BCUT2D eigenvalue weighted by molar-refractivity contribution is 0.525. The fourth-order valence-corrected chi connectivity index (χ4v) is 2.04. The molecular weight excluding hydrogens is 272 g/mol. The maximum Gasteiger partial charge on any atom is 0.137 e. The Morgan fingerprint density at radius 3 is 2.38 bits per heavy atom. The summed E-state index contributed by atoms with van der Waals surface area (Å²) in [6.45, 7) is 0.445. The summed E-state index contributed by atoms with van der Waals surface area (Å²) in [5.41, 5.74) is 1.23. The van der Waals surface area contributed by atoms with Crippen molar-refractivity contribution in [3.8, 4) is 11.3 Å². The van der Waals surface area contributed by atoms with E-state index in [0.717, 1.165) is 5.69 Å². The second-order valence-electron chi connectivity index (χ2n) is 4.61. The van der Waals surface area contributed by atoms with Crippen LogP contribution in [-0.2, 0) is 6.54 Å². The molecule has 2 nitrogen and oxygen atoms in total. The van der Waals surface area contributed by atoms with Crippen molar-refractivity contribution in [1.82, 2.24) is 0 Å². The predicted octanol–water partition coefficient (Wildman–Crippen LogP) is 4.84. The lowest BCUT2D eigenvalue weighted by atomic mass is 10.1. The number of furan rings is 1. The van der Waals surface area contributed by atoms with Crippen molar-refractivity contribution in [2.24, 2.45) is 0 Å². The van der Waals surface area contributed by atoms with E-state index in [9.17, 15) is 8.78 Å². The first kappa shape index (κ1) is 13.4. The molecule has 0 fully saturated rings. The maximum atomic E-state index is 13.7. The molecule has 0 amide bonds. The Bertz CT molecular complexity index is 735. The number of halogens is 2. The highest BCUT2D eigenvalue weighted by atomic mass is 19.1. The fraction of sp³-hybridized carbons (Fsp3) is 0.0588. The zero-order valence-corrected chi connectivity index (χ0v) is 11.1. The molecule has 0 radical (unpaired) electrons. The van der Waals surface area contributed by atoms with Gasteiger partial charge in [0, 0.05) is 5.69 Å². The number of rotatable bonds is 4. The highest BCUT2D eigenvalue weighted by molar-refractivity contribution is 5.58. The normalized spacial score (nSPS) is 10.6. The van der Waals surface area contributed by atoms with Gasteiger partial charge in [0.15, 0.2) is 0 Å². The summed E-state index contributed by atoms with van der Waals surface area (Å²) in [5.74, 6) is 0.576. The van der Waals surface area contributed by atoms with Gasteiger partial charge in [0.1, 0.15) is 23.2 Å². The summed E-state index contributed by atoms with van der Waals surface area (Å²) in [6, 6.07) is 16.1. The maximum absolute atomic E-state index is 13.7. The molecule has 0 atom stereocenters. The van der Waals surface area contributed by atoms with E-state index in [1.54, 1.807) is 42.5 Å². The van der Waals surface area contributed by atoms with Crippen LogP contribution in [-0.4, -0.2) is 0 Å². The van der Waals surface area contributed by atoms with Gasteiger partial charge in [-0.1, -0.05) is 12.1 Å². The lowest BCUT2D eigenvalue weighted by Gasteiger charge is -2.04. The largest absolute Gasteiger partial charge is 0.459 e. The van der Waals surface area contributed by atoms with Crippen molar-refractivity contribution < 1.29 is 13.2 Å². The molecule has 1 N–H and O–H groups in total. The fourth-order valence-electron chi connectivity index (χ4n) is 2.04. The zero-order chi connectivity index (χ0) is 14.7. The molecule has 0 aliphatic carbocycles. The van der Waals surface area contributed by atoms with Crippen molar-refractivity contribution in [3.63, 3.8) is 0 Å². The first-order chi connectivity index (χ1) is 10.2. The average molecular weight is 285 g/mol. The van der Waals surface area contributed by atoms with Gasteiger partial charge in [-0.15, -0.1) is 0 Å². The highest BCUT2D eigenvalue weighted by Crippen LogP contribution is 2.25. The smallest absolute Gasteiger partial charge is 0.137 e. The van der Waals surface area contributed by atoms with Crippen molar-refractivity contribution in [2.45, 2.75) is 6.54 Å². The van der Waals surface area contributed by atoms with E-state index in [2.05, 4.69) is 5.32 Å². The standard InChI is InChI=1S/C17H13F2NO/c18-12-5-7-13(8-6-12)20-11-14-9-10-17(21-14)15-3-1-2-4-16(15)19/h1-10,20H,11H2. The van der Waals surface area contributed by atoms with Crippen LogP contribution in [0.15, 0.2) is 65.1 Å².